The Bertz CT molecular complexity index is 661. The van der Waals surface area contributed by atoms with Gasteiger partial charge in [-0.15, -0.1) is 0 Å². The molecule has 0 amide bonds. The van der Waals surface area contributed by atoms with E-state index in [4.69, 9.17) is 14.0 Å². The van der Waals surface area contributed by atoms with Gasteiger partial charge in [0, 0.05) is 11.5 Å². The molecule has 1 heterocycles. The third-order valence-corrected chi connectivity index (χ3v) is 3.34. The number of ketones is 1. The topological polar surface area (TPSA) is 74.5 Å². The Morgan fingerprint density at radius 1 is 1.38 bits per heavy atom. The van der Waals surface area contributed by atoms with E-state index in [2.05, 4.69) is 10.1 Å². The molecule has 1 aliphatic rings. The third kappa shape index (κ3) is 3.04. The first kappa shape index (κ1) is 13.6. The van der Waals surface area contributed by atoms with Crippen LogP contribution in [0.5, 0.6) is 11.5 Å². The SMILES string of the molecule is COc1cc(C(C)=O)ccc1OCc1noc(C2CC2)n1. The average Bonchev–Trinajstić information content (AvgIpc) is 3.24. The summed E-state index contributed by atoms with van der Waals surface area (Å²) in [5, 5.41) is 3.89. The molecule has 6 nitrogen and oxygen atoms in total. The number of carbonyl (C=O) groups excluding carboxylic acids is 1. The van der Waals surface area contributed by atoms with Crippen LogP contribution in [0, 0.1) is 0 Å². The van der Waals surface area contributed by atoms with Crippen LogP contribution in [0.3, 0.4) is 0 Å². The lowest BCUT2D eigenvalue weighted by Gasteiger charge is -2.10. The molecule has 1 aromatic carbocycles. The maximum Gasteiger partial charge on any atom is 0.229 e. The van der Waals surface area contributed by atoms with E-state index in [1.807, 2.05) is 0 Å². The van der Waals surface area contributed by atoms with Gasteiger partial charge in [-0.05, 0) is 38.0 Å². The van der Waals surface area contributed by atoms with Gasteiger partial charge in [0.1, 0.15) is 0 Å². The first-order chi connectivity index (χ1) is 10.2. The molecule has 3 rings (SSSR count). The summed E-state index contributed by atoms with van der Waals surface area (Å²) in [6, 6.07) is 5.06. The number of methoxy groups -OCH3 is 1. The van der Waals surface area contributed by atoms with Gasteiger partial charge < -0.3 is 14.0 Å². The molecule has 0 spiro atoms. The molecular weight excluding hydrogens is 272 g/mol. The van der Waals surface area contributed by atoms with Crippen molar-refractivity contribution in [3.63, 3.8) is 0 Å². The molecule has 0 aliphatic heterocycles. The highest BCUT2D eigenvalue weighted by Crippen LogP contribution is 2.38. The molecule has 6 heteroatoms. The van der Waals surface area contributed by atoms with E-state index in [0.29, 0.717) is 34.7 Å². The van der Waals surface area contributed by atoms with Crippen LogP contribution in [0.2, 0.25) is 0 Å². The predicted molar refractivity (Wildman–Crippen MR) is 73.6 cm³/mol. The highest BCUT2D eigenvalue weighted by atomic mass is 16.5. The summed E-state index contributed by atoms with van der Waals surface area (Å²) < 4.78 is 16.0. The van der Waals surface area contributed by atoms with E-state index in [9.17, 15) is 4.79 Å². The normalized spacial score (nSPS) is 14.0. The number of hydrogen-bond acceptors (Lipinski definition) is 6. The maximum atomic E-state index is 11.3. The zero-order valence-electron chi connectivity index (χ0n) is 12.0. The fourth-order valence-corrected chi connectivity index (χ4v) is 1.97. The first-order valence-corrected chi connectivity index (χ1v) is 6.81. The van der Waals surface area contributed by atoms with Crippen LogP contribution >= 0.6 is 0 Å². The second kappa shape index (κ2) is 5.55. The highest BCUT2D eigenvalue weighted by Gasteiger charge is 2.29. The van der Waals surface area contributed by atoms with Gasteiger partial charge in [0.15, 0.2) is 23.9 Å². The Morgan fingerprint density at radius 2 is 2.19 bits per heavy atom. The van der Waals surface area contributed by atoms with E-state index in [1.165, 1.54) is 14.0 Å². The van der Waals surface area contributed by atoms with Crippen molar-refractivity contribution in [1.29, 1.82) is 0 Å². The second-order valence-electron chi connectivity index (χ2n) is 5.03. The van der Waals surface area contributed by atoms with Crippen LogP contribution in [-0.4, -0.2) is 23.0 Å². The largest absolute Gasteiger partial charge is 0.493 e. The van der Waals surface area contributed by atoms with E-state index in [-0.39, 0.29) is 12.4 Å². The molecule has 0 bridgehead atoms. The summed E-state index contributed by atoms with van der Waals surface area (Å²) >= 11 is 0. The lowest BCUT2D eigenvalue weighted by molar-refractivity contribution is 0.101. The van der Waals surface area contributed by atoms with Gasteiger partial charge in [0.05, 0.1) is 7.11 Å². The van der Waals surface area contributed by atoms with E-state index >= 15 is 0 Å². The number of Topliss-reactive ketones (excluding diaryl/α,β-unsaturated/α-hetero) is 1. The Morgan fingerprint density at radius 3 is 2.86 bits per heavy atom. The standard InChI is InChI=1S/C15H16N2O4/c1-9(18)11-5-6-12(13(7-11)19-2)20-8-14-16-15(21-17-14)10-3-4-10/h5-7,10H,3-4,8H2,1-2H3. The fraction of sp³-hybridized carbons (Fsp3) is 0.400. The molecule has 1 fully saturated rings. The van der Waals surface area contributed by atoms with Crippen molar-refractivity contribution >= 4 is 5.78 Å². The summed E-state index contributed by atoms with van der Waals surface area (Å²) in [6.45, 7) is 1.71. The summed E-state index contributed by atoms with van der Waals surface area (Å²) in [5.41, 5.74) is 0.579. The number of ether oxygens (including phenoxy) is 2. The molecule has 110 valence electrons. The Balaban J connectivity index is 1.69. The molecule has 0 atom stereocenters. The van der Waals surface area contributed by atoms with E-state index in [1.54, 1.807) is 18.2 Å². The maximum absolute atomic E-state index is 11.3. The third-order valence-electron chi connectivity index (χ3n) is 3.34. The van der Waals surface area contributed by atoms with Crippen molar-refractivity contribution in [2.75, 3.05) is 7.11 Å². The minimum absolute atomic E-state index is 0.0212. The van der Waals surface area contributed by atoms with Gasteiger partial charge in [-0.25, -0.2) is 0 Å². The molecular formula is C15H16N2O4. The van der Waals surface area contributed by atoms with Crippen LogP contribution in [0.1, 0.15) is 47.8 Å². The van der Waals surface area contributed by atoms with Crippen LogP contribution in [0.4, 0.5) is 0 Å². The van der Waals surface area contributed by atoms with E-state index < -0.39 is 0 Å². The molecule has 1 aliphatic carbocycles. The number of rotatable bonds is 6. The molecule has 0 N–H and O–H groups in total. The molecule has 2 aromatic rings. The summed E-state index contributed by atoms with van der Waals surface area (Å²) in [7, 11) is 1.53. The smallest absolute Gasteiger partial charge is 0.229 e. The van der Waals surface area contributed by atoms with E-state index in [0.717, 1.165) is 12.8 Å². The van der Waals surface area contributed by atoms with Crippen molar-refractivity contribution in [3.8, 4) is 11.5 Å². The van der Waals surface area contributed by atoms with Gasteiger partial charge in [-0.1, -0.05) is 5.16 Å². The Labute approximate surface area is 122 Å². The second-order valence-corrected chi connectivity index (χ2v) is 5.03. The lowest BCUT2D eigenvalue weighted by Crippen LogP contribution is -2.01. The number of hydrogen-bond donors (Lipinski definition) is 0. The minimum Gasteiger partial charge on any atom is -0.493 e. The molecule has 0 unspecified atom stereocenters. The zero-order chi connectivity index (χ0) is 14.8. The number of benzene rings is 1. The van der Waals surface area contributed by atoms with Crippen LogP contribution in [-0.2, 0) is 6.61 Å². The number of aromatic nitrogens is 2. The van der Waals surface area contributed by atoms with Crippen molar-refractivity contribution < 1.29 is 18.8 Å². The Kier molecular flexibility index (Phi) is 3.60. The molecule has 0 radical (unpaired) electrons. The van der Waals surface area contributed by atoms with Gasteiger partial charge in [0.2, 0.25) is 11.7 Å². The average molecular weight is 288 g/mol. The zero-order valence-corrected chi connectivity index (χ0v) is 12.0. The highest BCUT2D eigenvalue weighted by molar-refractivity contribution is 5.94. The summed E-state index contributed by atoms with van der Waals surface area (Å²) in [4.78, 5) is 15.6. The van der Waals surface area contributed by atoms with Crippen molar-refractivity contribution in [1.82, 2.24) is 10.1 Å². The van der Waals surface area contributed by atoms with Crippen LogP contribution < -0.4 is 9.47 Å². The van der Waals surface area contributed by atoms with Crippen LogP contribution in [0.15, 0.2) is 22.7 Å². The first-order valence-electron chi connectivity index (χ1n) is 6.81. The lowest BCUT2D eigenvalue weighted by atomic mass is 10.1. The summed E-state index contributed by atoms with van der Waals surface area (Å²) in [6.07, 6.45) is 2.23. The minimum atomic E-state index is -0.0212. The molecule has 0 saturated heterocycles. The van der Waals surface area contributed by atoms with Gasteiger partial charge in [-0.3, -0.25) is 4.79 Å². The van der Waals surface area contributed by atoms with Gasteiger partial charge in [-0.2, -0.15) is 4.98 Å². The molecule has 1 saturated carbocycles. The summed E-state index contributed by atoms with van der Waals surface area (Å²) in [5.74, 6) is 2.65. The molecule has 1 aromatic heterocycles. The number of carbonyl (C=O) groups is 1. The monoisotopic (exact) mass is 288 g/mol. The quantitative estimate of drug-likeness (QED) is 0.761. The van der Waals surface area contributed by atoms with Crippen LogP contribution in [0.25, 0.3) is 0 Å². The number of nitrogens with zero attached hydrogens (tertiary/aromatic N) is 2. The van der Waals surface area contributed by atoms with Crippen molar-refractivity contribution in [2.45, 2.75) is 32.3 Å². The van der Waals surface area contributed by atoms with Gasteiger partial charge >= 0.3 is 0 Å². The predicted octanol–water partition coefficient (Wildman–Crippen LogP) is 2.74. The van der Waals surface area contributed by atoms with Crippen molar-refractivity contribution in [3.05, 3.63) is 35.5 Å². The Hall–Kier alpha value is -2.37. The van der Waals surface area contributed by atoms with Gasteiger partial charge in [0.25, 0.3) is 0 Å². The molecule has 21 heavy (non-hydrogen) atoms. The van der Waals surface area contributed by atoms with Crippen molar-refractivity contribution in [2.24, 2.45) is 0 Å². The fourth-order valence-electron chi connectivity index (χ4n) is 1.97.